The molecule has 4 heteroatoms. The van der Waals surface area contributed by atoms with Crippen molar-refractivity contribution in [2.45, 2.75) is 46.1 Å². The van der Waals surface area contributed by atoms with Gasteiger partial charge in [-0.25, -0.2) is 4.79 Å². The van der Waals surface area contributed by atoms with Crippen molar-refractivity contribution in [1.82, 2.24) is 0 Å². The molecule has 1 aliphatic rings. The van der Waals surface area contributed by atoms with Crippen molar-refractivity contribution in [3.05, 3.63) is 11.6 Å². The molecule has 4 nitrogen and oxygen atoms in total. The zero-order valence-electron chi connectivity index (χ0n) is 11.8. The lowest BCUT2D eigenvalue weighted by molar-refractivity contribution is -0.140. The number of rotatable bonds is 1. The summed E-state index contributed by atoms with van der Waals surface area (Å²) < 4.78 is 0. The van der Waals surface area contributed by atoms with Gasteiger partial charge in [-0.2, -0.15) is 0 Å². The van der Waals surface area contributed by atoms with Gasteiger partial charge in [-0.15, -0.1) is 0 Å². The smallest absolute Gasteiger partial charge is 0.329 e. The number of aliphatic hydroxyl groups is 1. The van der Waals surface area contributed by atoms with Crippen LogP contribution in [0, 0.1) is 23.2 Å². The molecule has 1 fully saturated rings. The van der Waals surface area contributed by atoms with Gasteiger partial charge in [0.15, 0.2) is 0 Å². The topological polar surface area (TPSA) is 74.6 Å². The van der Waals surface area contributed by atoms with Crippen LogP contribution in [0.2, 0.25) is 0 Å². The zero-order valence-corrected chi connectivity index (χ0v) is 11.8. The van der Waals surface area contributed by atoms with E-state index in [9.17, 15) is 14.7 Å². The van der Waals surface area contributed by atoms with E-state index in [0.29, 0.717) is 12.0 Å². The molecule has 1 unspecified atom stereocenters. The highest BCUT2D eigenvalue weighted by Gasteiger charge is 2.51. The van der Waals surface area contributed by atoms with E-state index in [-0.39, 0.29) is 18.1 Å². The predicted molar refractivity (Wildman–Crippen MR) is 71.3 cm³/mol. The van der Waals surface area contributed by atoms with Crippen LogP contribution in [0.5, 0.6) is 0 Å². The summed E-state index contributed by atoms with van der Waals surface area (Å²) in [6.45, 7) is 7.00. The summed E-state index contributed by atoms with van der Waals surface area (Å²) >= 11 is 0. The molecular weight excluding hydrogens is 244 g/mol. The molecule has 2 atom stereocenters. The largest absolute Gasteiger partial charge is 0.478 e. The Labute approximate surface area is 113 Å². The average molecular weight is 264 g/mol. The molecule has 0 bridgehead atoms. The molecule has 0 spiro atoms. The van der Waals surface area contributed by atoms with Gasteiger partial charge in [0.05, 0.1) is 0 Å². The molecule has 2 N–H and O–H groups in total. The number of hydrogen-bond donors (Lipinski definition) is 2. The van der Waals surface area contributed by atoms with Crippen molar-refractivity contribution in [1.29, 1.82) is 0 Å². The Bertz CT molecular complexity index is 490. The van der Waals surface area contributed by atoms with Crippen LogP contribution in [0.25, 0.3) is 0 Å². The van der Waals surface area contributed by atoms with E-state index < -0.39 is 17.0 Å². The van der Waals surface area contributed by atoms with Crippen molar-refractivity contribution in [2.75, 3.05) is 0 Å². The first-order chi connectivity index (χ1) is 8.58. The van der Waals surface area contributed by atoms with Gasteiger partial charge in [0.2, 0.25) is 0 Å². The number of allylic oxidation sites excluding steroid dienone is 1. The Morgan fingerprint density at radius 2 is 2.05 bits per heavy atom. The molecular formula is C15H20O4. The quantitative estimate of drug-likeness (QED) is 0.559. The van der Waals surface area contributed by atoms with Crippen LogP contribution in [0.4, 0.5) is 0 Å². The van der Waals surface area contributed by atoms with Crippen molar-refractivity contribution < 1.29 is 19.8 Å². The average Bonchev–Trinajstić information content (AvgIpc) is 2.21. The normalized spacial score (nSPS) is 30.5. The summed E-state index contributed by atoms with van der Waals surface area (Å²) in [4.78, 5) is 22.1. The van der Waals surface area contributed by atoms with E-state index in [1.165, 1.54) is 0 Å². The highest BCUT2D eigenvalue weighted by molar-refractivity contribution is 5.82. The van der Waals surface area contributed by atoms with Crippen LogP contribution in [-0.2, 0) is 9.59 Å². The maximum absolute atomic E-state index is 11.6. The molecule has 19 heavy (non-hydrogen) atoms. The maximum atomic E-state index is 11.6. The SMILES string of the molecule is C/C(C#CC1(O)[C@@H](C)CC(=O)CC1(C)C)=C/C(=O)O. The number of Topliss-reactive ketones (excluding diaryl/α,β-unsaturated/α-hetero) is 1. The maximum Gasteiger partial charge on any atom is 0.329 e. The highest BCUT2D eigenvalue weighted by Crippen LogP contribution is 2.45. The van der Waals surface area contributed by atoms with Gasteiger partial charge < -0.3 is 10.2 Å². The number of carboxylic acid groups (broad SMARTS) is 1. The van der Waals surface area contributed by atoms with Crippen molar-refractivity contribution >= 4 is 11.8 Å². The van der Waals surface area contributed by atoms with Crippen molar-refractivity contribution in [2.24, 2.45) is 11.3 Å². The number of carbonyl (C=O) groups excluding carboxylic acids is 1. The monoisotopic (exact) mass is 264 g/mol. The van der Waals surface area contributed by atoms with Gasteiger partial charge in [0.1, 0.15) is 11.4 Å². The van der Waals surface area contributed by atoms with Gasteiger partial charge in [-0.3, -0.25) is 4.79 Å². The first kappa shape index (κ1) is 15.5. The number of aliphatic carboxylic acids is 1. The molecule has 0 aromatic heterocycles. The third kappa shape index (κ3) is 3.24. The van der Waals surface area contributed by atoms with E-state index in [1.54, 1.807) is 13.8 Å². The highest BCUT2D eigenvalue weighted by atomic mass is 16.4. The lowest BCUT2D eigenvalue weighted by Gasteiger charge is -2.46. The molecule has 1 saturated carbocycles. The second kappa shape index (κ2) is 5.18. The molecule has 0 aliphatic heterocycles. The molecule has 0 aromatic rings. The number of carboxylic acids is 1. The van der Waals surface area contributed by atoms with Gasteiger partial charge in [-0.05, 0) is 6.92 Å². The summed E-state index contributed by atoms with van der Waals surface area (Å²) in [5, 5.41) is 19.4. The van der Waals surface area contributed by atoms with Crippen LogP contribution in [-0.4, -0.2) is 27.6 Å². The van der Waals surface area contributed by atoms with Crippen molar-refractivity contribution in [3.8, 4) is 11.8 Å². The van der Waals surface area contributed by atoms with E-state index >= 15 is 0 Å². The third-order valence-electron chi connectivity index (χ3n) is 3.71. The first-order valence-corrected chi connectivity index (χ1v) is 6.27. The predicted octanol–water partition coefficient (Wildman–Crippen LogP) is 1.78. The van der Waals surface area contributed by atoms with Crippen LogP contribution >= 0.6 is 0 Å². The van der Waals surface area contributed by atoms with Crippen molar-refractivity contribution in [3.63, 3.8) is 0 Å². The zero-order chi connectivity index (χ0) is 14.8. The second-order valence-electron chi connectivity index (χ2n) is 5.89. The third-order valence-corrected chi connectivity index (χ3v) is 3.71. The fraction of sp³-hybridized carbons (Fsp3) is 0.600. The van der Waals surface area contributed by atoms with Crippen LogP contribution in [0.15, 0.2) is 11.6 Å². The summed E-state index contributed by atoms with van der Waals surface area (Å²) in [5.74, 6) is 4.27. The number of hydrogen-bond acceptors (Lipinski definition) is 3. The van der Waals surface area contributed by atoms with E-state index in [4.69, 9.17) is 5.11 Å². The molecule has 0 radical (unpaired) electrons. The molecule has 1 aliphatic carbocycles. The van der Waals surface area contributed by atoms with E-state index in [2.05, 4.69) is 11.8 Å². The molecule has 0 aromatic carbocycles. The van der Waals surface area contributed by atoms with Crippen LogP contribution in [0.1, 0.15) is 40.5 Å². The van der Waals surface area contributed by atoms with E-state index in [0.717, 1.165) is 6.08 Å². The summed E-state index contributed by atoms with van der Waals surface area (Å²) in [6, 6.07) is 0. The first-order valence-electron chi connectivity index (χ1n) is 6.27. The Kier molecular flexibility index (Phi) is 4.21. The van der Waals surface area contributed by atoms with Gasteiger partial charge >= 0.3 is 5.97 Å². The second-order valence-corrected chi connectivity index (χ2v) is 5.89. The fourth-order valence-electron chi connectivity index (χ4n) is 2.56. The molecule has 1 rings (SSSR count). The number of carbonyl (C=O) groups is 2. The van der Waals surface area contributed by atoms with Crippen LogP contribution < -0.4 is 0 Å². The van der Waals surface area contributed by atoms with Gasteiger partial charge in [0, 0.05) is 35.8 Å². The molecule has 0 saturated heterocycles. The standard InChI is InChI=1S/C15H20O4/c1-10(7-13(17)18)5-6-15(19)11(2)8-12(16)9-14(15,3)4/h7,11,19H,8-9H2,1-4H3,(H,17,18)/b10-7-/t11-,15?/m0/s1. The summed E-state index contributed by atoms with van der Waals surface area (Å²) in [5.41, 5.74) is -1.55. The Hall–Kier alpha value is -1.60. The minimum atomic E-state index is -1.28. The number of ketones is 1. The minimum Gasteiger partial charge on any atom is -0.478 e. The lowest BCUT2D eigenvalue weighted by atomic mass is 9.60. The minimum absolute atomic E-state index is 0.127. The van der Waals surface area contributed by atoms with E-state index in [1.807, 2.05) is 13.8 Å². The lowest BCUT2D eigenvalue weighted by Crippen LogP contribution is -2.53. The summed E-state index contributed by atoms with van der Waals surface area (Å²) in [7, 11) is 0. The Morgan fingerprint density at radius 3 is 2.53 bits per heavy atom. The molecule has 0 heterocycles. The fourth-order valence-corrected chi connectivity index (χ4v) is 2.56. The molecule has 0 amide bonds. The Morgan fingerprint density at radius 1 is 1.47 bits per heavy atom. The molecule has 104 valence electrons. The summed E-state index contributed by atoms with van der Waals surface area (Å²) in [6.07, 6.45) is 1.59. The van der Waals surface area contributed by atoms with Gasteiger partial charge in [0.25, 0.3) is 0 Å². The Balaban J connectivity index is 3.12. The van der Waals surface area contributed by atoms with Crippen LogP contribution in [0.3, 0.4) is 0 Å². The van der Waals surface area contributed by atoms with Gasteiger partial charge in [-0.1, -0.05) is 32.6 Å².